The molecule has 0 aromatic heterocycles. The molecule has 3 N–H and O–H groups in total. The maximum Gasteiger partial charge on any atom is 0.239 e. The molecular formula is C11H21N3O3. The van der Waals surface area contributed by atoms with Crippen LogP contribution < -0.4 is 11.1 Å². The van der Waals surface area contributed by atoms with Crippen molar-refractivity contribution in [3.05, 3.63) is 0 Å². The van der Waals surface area contributed by atoms with Gasteiger partial charge in [0.05, 0.1) is 19.3 Å². The Morgan fingerprint density at radius 1 is 1.59 bits per heavy atom. The standard InChI is InChI=1S/C11H21N3O3/c1-3-4-13-11(16)9-7-17-6-5-14(9)8(2)10(12)15/h8-9H,3-7H2,1-2H3,(H2,12,15)(H,13,16). The first-order valence-electron chi connectivity index (χ1n) is 5.98. The Bertz CT molecular complexity index is 283. The van der Waals surface area contributed by atoms with Crippen molar-refractivity contribution in [3.63, 3.8) is 0 Å². The van der Waals surface area contributed by atoms with E-state index in [9.17, 15) is 9.59 Å². The summed E-state index contributed by atoms with van der Waals surface area (Å²) in [5.41, 5.74) is 5.28. The lowest BCUT2D eigenvalue weighted by Gasteiger charge is -2.37. The summed E-state index contributed by atoms with van der Waals surface area (Å²) in [6, 6.07) is -0.867. The normalized spacial score (nSPS) is 23.1. The predicted molar refractivity (Wildman–Crippen MR) is 63.3 cm³/mol. The summed E-state index contributed by atoms with van der Waals surface area (Å²) < 4.78 is 5.29. The Kier molecular flexibility index (Phi) is 5.37. The number of amides is 2. The van der Waals surface area contributed by atoms with Crippen LogP contribution in [-0.4, -0.2) is 55.1 Å². The topological polar surface area (TPSA) is 84.7 Å². The molecule has 1 heterocycles. The van der Waals surface area contributed by atoms with Crippen LogP contribution in [0.5, 0.6) is 0 Å². The predicted octanol–water partition coefficient (Wildman–Crippen LogP) is -0.913. The van der Waals surface area contributed by atoms with Crippen LogP contribution in [0, 0.1) is 0 Å². The summed E-state index contributed by atoms with van der Waals surface area (Å²) in [6.45, 7) is 5.72. The van der Waals surface area contributed by atoms with E-state index in [-0.39, 0.29) is 5.91 Å². The molecule has 0 aromatic carbocycles. The molecule has 1 fully saturated rings. The lowest BCUT2D eigenvalue weighted by Crippen LogP contribution is -2.59. The average Bonchev–Trinajstić information content (AvgIpc) is 2.34. The van der Waals surface area contributed by atoms with Gasteiger partial charge in [0.1, 0.15) is 6.04 Å². The first kappa shape index (κ1) is 13.9. The second-order valence-electron chi connectivity index (χ2n) is 4.20. The number of rotatable bonds is 5. The van der Waals surface area contributed by atoms with Crippen LogP contribution in [-0.2, 0) is 14.3 Å². The fraction of sp³-hybridized carbons (Fsp3) is 0.818. The van der Waals surface area contributed by atoms with E-state index in [0.29, 0.717) is 26.3 Å². The summed E-state index contributed by atoms with van der Waals surface area (Å²) in [7, 11) is 0. The third-order valence-corrected chi connectivity index (χ3v) is 2.93. The molecule has 6 nitrogen and oxygen atoms in total. The van der Waals surface area contributed by atoms with E-state index < -0.39 is 18.0 Å². The van der Waals surface area contributed by atoms with E-state index in [1.54, 1.807) is 11.8 Å². The van der Waals surface area contributed by atoms with Crippen LogP contribution in [0.3, 0.4) is 0 Å². The molecule has 17 heavy (non-hydrogen) atoms. The van der Waals surface area contributed by atoms with E-state index in [0.717, 1.165) is 6.42 Å². The highest BCUT2D eigenvalue weighted by atomic mass is 16.5. The number of ether oxygens (including phenoxy) is 1. The van der Waals surface area contributed by atoms with Gasteiger partial charge < -0.3 is 15.8 Å². The average molecular weight is 243 g/mol. The summed E-state index contributed by atoms with van der Waals surface area (Å²) >= 11 is 0. The van der Waals surface area contributed by atoms with Crippen LogP contribution in [0.2, 0.25) is 0 Å². The molecule has 6 heteroatoms. The highest BCUT2D eigenvalue weighted by Gasteiger charge is 2.34. The van der Waals surface area contributed by atoms with Gasteiger partial charge >= 0.3 is 0 Å². The Labute approximate surface area is 101 Å². The zero-order valence-corrected chi connectivity index (χ0v) is 10.4. The van der Waals surface area contributed by atoms with Crippen LogP contribution in [0.4, 0.5) is 0 Å². The van der Waals surface area contributed by atoms with Crippen molar-refractivity contribution in [3.8, 4) is 0 Å². The molecule has 2 atom stereocenters. The summed E-state index contributed by atoms with van der Waals surface area (Å²) in [4.78, 5) is 24.9. The molecule has 2 amide bonds. The fourth-order valence-electron chi connectivity index (χ4n) is 1.84. The molecule has 0 saturated carbocycles. The zero-order valence-electron chi connectivity index (χ0n) is 10.4. The number of hydrogen-bond acceptors (Lipinski definition) is 4. The molecule has 2 unspecified atom stereocenters. The minimum Gasteiger partial charge on any atom is -0.378 e. The fourth-order valence-corrected chi connectivity index (χ4v) is 1.84. The van der Waals surface area contributed by atoms with Gasteiger partial charge in [0.15, 0.2) is 0 Å². The lowest BCUT2D eigenvalue weighted by molar-refractivity contribution is -0.138. The van der Waals surface area contributed by atoms with Crippen LogP contribution in [0.1, 0.15) is 20.3 Å². The quantitative estimate of drug-likeness (QED) is 0.654. The van der Waals surface area contributed by atoms with Gasteiger partial charge in [-0.2, -0.15) is 0 Å². The Hall–Kier alpha value is -1.14. The molecule has 1 aliphatic rings. The summed E-state index contributed by atoms with van der Waals surface area (Å²) in [5.74, 6) is -0.514. The van der Waals surface area contributed by atoms with E-state index in [4.69, 9.17) is 10.5 Å². The van der Waals surface area contributed by atoms with Crippen LogP contribution >= 0.6 is 0 Å². The van der Waals surface area contributed by atoms with Crippen molar-refractivity contribution in [1.82, 2.24) is 10.2 Å². The van der Waals surface area contributed by atoms with Crippen LogP contribution in [0.15, 0.2) is 0 Å². The number of primary amides is 1. The monoisotopic (exact) mass is 243 g/mol. The van der Waals surface area contributed by atoms with Crippen molar-refractivity contribution < 1.29 is 14.3 Å². The van der Waals surface area contributed by atoms with Gasteiger partial charge in [-0.3, -0.25) is 14.5 Å². The van der Waals surface area contributed by atoms with Gasteiger partial charge in [0.25, 0.3) is 0 Å². The lowest BCUT2D eigenvalue weighted by atomic mass is 10.1. The van der Waals surface area contributed by atoms with Gasteiger partial charge in [-0.1, -0.05) is 6.92 Å². The molecule has 98 valence electrons. The number of nitrogens with one attached hydrogen (secondary N) is 1. The maximum absolute atomic E-state index is 11.9. The Morgan fingerprint density at radius 2 is 2.29 bits per heavy atom. The molecule has 1 aliphatic heterocycles. The summed E-state index contributed by atoms with van der Waals surface area (Å²) in [5, 5.41) is 2.81. The molecule has 0 aromatic rings. The van der Waals surface area contributed by atoms with Crippen molar-refractivity contribution in [2.45, 2.75) is 32.4 Å². The second-order valence-corrected chi connectivity index (χ2v) is 4.20. The first-order chi connectivity index (χ1) is 8.07. The number of morpholine rings is 1. The molecule has 0 spiro atoms. The molecule has 0 radical (unpaired) electrons. The van der Waals surface area contributed by atoms with E-state index >= 15 is 0 Å². The SMILES string of the molecule is CCCNC(=O)C1COCCN1C(C)C(N)=O. The van der Waals surface area contributed by atoms with Crippen molar-refractivity contribution >= 4 is 11.8 Å². The highest BCUT2D eigenvalue weighted by Crippen LogP contribution is 2.11. The van der Waals surface area contributed by atoms with Gasteiger partial charge in [0.2, 0.25) is 11.8 Å². The molecular weight excluding hydrogens is 222 g/mol. The Morgan fingerprint density at radius 3 is 2.88 bits per heavy atom. The number of carbonyl (C=O) groups is 2. The van der Waals surface area contributed by atoms with E-state index in [1.807, 2.05) is 6.92 Å². The van der Waals surface area contributed by atoms with Gasteiger partial charge in [-0.15, -0.1) is 0 Å². The van der Waals surface area contributed by atoms with Gasteiger partial charge in [-0.05, 0) is 13.3 Å². The number of carbonyl (C=O) groups excluding carboxylic acids is 2. The zero-order chi connectivity index (χ0) is 12.8. The van der Waals surface area contributed by atoms with Crippen molar-refractivity contribution in [1.29, 1.82) is 0 Å². The third-order valence-electron chi connectivity index (χ3n) is 2.93. The largest absolute Gasteiger partial charge is 0.378 e. The van der Waals surface area contributed by atoms with E-state index in [1.165, 1.54) is 0 Å². The molecule has 1 rings (SSSR count). The second kappa shape index (κ2) is 6.56. The first-order valence-corrected chi connectivity index (χ1v) is 5.98. The van der Waals surface area contributed by atoms with Crippen molar-refractivity contribution in [2.75, 3.05) is 26.3 Å². The molecule has 1 saturated heterocycles. The number of nitrogens with two attached hydrogens (primary N) is 1. The van der Waals surface area contributed by atoms with Gasteiger partial charge in [-0.25, -0.2) is 0 Å². The Balaban J connectivity index is 2.65. The number of hydrogen-bond donors (Lipinski definition) is 2. The minimum atomic E-state index is -0.448. The highest BCUT2D eigenvalue weighted by molar-refractivity contribution is 5.84. The van der Waals surface area contributed by atoms with Crippen molar-refractivity contribution in [2.24, 2.45) is 5.73 Å². The molecule has 0 aliphatic carbocycles. The maximum atomic E-state index is 11.9. The van der Waals surface area contributed by atoms with Crippen LogP contribution in [0.25, 0.3) is 0 Å². The molecule has 0 bridgehead atoms. The summed E-state index contributed by atoms with van der Waals surface area (Å²) in [6.07, 6.45) is 0.880. The minimum absolute atomic E-state index is 0.0975. The van der Waals surface area contributed by atoms with Gasteiger partial charge in [0, 0.05) is 13.1 Å². The van der Waals surface area contributed by atoms with E-state index in [2.05, 4.69) is 5.32 Å². The third kappa shape index (κ3) is 3.67. The number of nitrogens with zero attached hydrogens (tertiary/aromatic N) is 1. The smallest absolute Gasteiger partial charge is 0.239 e.